The predicted molar refractivity (Wildman–Crippen MR) is 103 cm³/mol. The second kappa shape index (κ2) is 11.1. The highest BCUT2D eigenvalue weighted by molar-refractivity contribution is 8.01. The Morgan fingerprint density at radius 2 is 2.00 bits per heavy atom. The molecule has 0 saturated carbocycles. The maximum atomic E-state index is 11.8. The van der Waals surface area contributed by atoms with Crippen molar-refractivity contribution in [2.45, 2.75) is 42.9 Å². The fraction of sp³-hybridized carbons (Fsp3) is 0.500. The van der Waals surface area contributed by atoms with Crippen molar-refractivity contribution in [1.29, 1.82) is 0 Å². The summed E-state index contributed by atoms with van der Waals surface area (Å²) in [7, 11) is 1.40. The first-order chi connectivity index (χ1) is 12.2. The van der Waals surface area contributed by atoms with Crippen molar-refractivity contribution in [3.8, 4) is 0 Å². The third-order valence-electron chi connectivity index (χ3n) is 3.66. The van der Waals surface area contributed by atoms with Gasteiger partial charge in [0.1, 0.15) is 0 Å². The Balaban J connectivity index is 1.50. The van der Waals surface area contributed by atoms with Crippen molar-refractivity contribution in [2.75, 3.05) is 19.4 Å². The van der Waals surface area contributed by atoms with Crippen molar-refractivity contribution in [3.05, 3.63) is 24.3 Å². The number of para-hydroxylation sites is 1. The molecule has 0 aliphatic rings. The number of nitrogens with one attached hydrogen (secondary N) is 1. The van der Waals surface area contributed by atoms with Gasteiger partial charge in [-0.25, -0.2) is 4.98 Å². The molecule has 0 spiro atoms. The molecule has 2 aromatic rings. The number of fused-ring (bicyclic) bond motifs is 1. The molecule has 136 valence electrons. The van der Waals surface area contributed by atoms with Crippen molar-refractivity contribution in [3.63, 3.8) is 0 Å². The first kappa shape index (κ1) is 19.7. The zero-order valence-electron chi connectivity index (χ0n) is 14.5. The van der Waals surface area contributed by atoms with Crippen LogP contribution in [0.25, 0.3) is 10.2 Å². The van der Waals surface area contributed by atoms with Crippen molar-refractivity contribution in [1.82, 2.24) is 10.3 Å². The molecule has 0 atom stereocenters. The van der Waals surface area contributed by atoms with E-state index in [9.17, 15) is 9.59 Å². The number of rotatable bonds is 11. The Hall–Kier alpha value is -1.60. The predicted octanol–water partition coefficient (Wildman–Crippen LogP) is 4.02. The van der Waals surface area contributed by atoms with Gasteiger partial charge in [-0.3, -0.25) is 9.59 Å². The third kappa shape index (κ3) is 7.44. The Morgan fingerprint density at radius 3 is 2.80 bits per heavy atom. The minimum Gasteiger partial charge on any atom is -0.469 e. The molecule has 0 aliphatic heterocycles. The number of hydrogen-bond donors (Lipinski definition) is 1. The summed E-state index contributed by atoms with van der Waals surface area (Å²) < 4.78 is 6.85. The third-order valence-corrected chi connectivity index (χ3v) is 5.92. The number of aromatic nitrogens is 1. The normalized spacial score (nSPS) is 10.8. The fourth-order valence-electron chi connectivity index (χ4n) is 2.29. The maximum Gasteiger partial charge on any atom is 0.305 e. The summed E-state index contributed by atoms with van der Waals surface area (Å²) in [6.45, 7) is 0.672. The van der Waals surface area contributed by atoms with Gasteiger partial charge in [0, 0.05) is 25.1 Å². The van der Waals surface area contributed by atoms with E-state index in [0.29, 0.717) is 19.4 Å². The highest BCUT2D eigenvalue weighted by Gasteiger charge is 2.05. The average Bonchev–Trinajstić information content (AvgIpc) is 3.04. The van der Waals surface area contributed by atoms with Crippen LogP contribution < -0.4 is 5.32 Å². The Bertz CT molecular complexity index is 655. The molecule has 0 unspecified atom stereocenters. The lowest BCUT2D eigenvalue weighted by molar-refractivity contribution is -0.140. The summed E-state index contributed by atoms with van der Waals surface area (Å²) >= 11 is 3.41. The van der Waals surface area contributed by atoms with Gasteiger partial charge in [-0.15, -0.1) is 11.3 Å². The van der Waals surface area contributed by atoms with Gasteiger partial charge < -0.3 is 10.1 Å². The smallest absolute Gasteiger partial charge is 0.305 e. The molecule has 0 bridgehead atoms. The second-order valence-electron chi connectivity index (χ2n) is 5.64. The highest BCUT2D eigenvalue weighted by atomic mass is 32.2. The van der Waals surface area contributed by atoms with E-state index in [1.54, 1.807) is 23.1 Å². The number of benzene rings is 1. The number of thioether (sulfide) groups is 1. The molecular weight excluding hydrogens is 356 g/mol. The van der Waals surface area contributed by atoms with E-state index < -0.39 is 0 Å². The lowest BCUT2D eigenvalue weighted by Gasteiger charge is -2.05. The molecule has 0 fully saturated rings. The quantitative estimate of drug-likeness (QED) is 0.362. The number of esters is 1. The minimum atomic E-state index is -0.172. The summed E-state index contributed by atoms with van der Waals surface area (Å²) in [5.74, 6) is 0.819. The van der Waals surface area contributed by atoms with Crippen LogP contribution in [-0.4, -0.2) is 36.3 Å². The average molecular weight is 381 g/mol. The van der Waals surface area contributed by atoms with Crippen LogP contribution in [0.2, 0.25) is 0 Å². The number of methoxy groups -OCH3 is 1. The topological polar surface area (TPSA) is 68.3 Å². The molecule has 25 heavy (non-hydrogen) atoms. The number of ether oxygens (including phenoxy) is 1. The minimum absolute atomic E-state index is 0.0952. The summed E-state index contributed by atoms with van der Waals surface area (Å²) in [4.78, 5) is 27.3. The molecule has 7 heteroatoms. The van der Waals surface area contributed by atoms with Crippen LogP contribution in [0.15, 0.2) is 28.6 Å². The van der Waals surface area contributed by atoms with Crippen molar-refractivity contribution in [2.24, 2.45) is 0 Å². The summed E-state index contributed by atoms with van der Waals surface area (Å²) in [6, 6.07) is 8.12. The van der Waals surface area contributed by atoms with Gasteiger partial charge in [0.15, 0.2) is 4.34 Å². The van der Waals surface area contributed by atoms with Crippen LogP contribution >= 0.6 is 23.1 Å². The van der Waals surface area contributed by atoms with Gasteiger partial charge in [0.2, 0.25) is 5.91 Å². The van der Waals surface area contributed by atoms with E-state index in [1.807, 2.05) is 18.2 Å². The van der Waals surface area contributed by atoms with Crippen molar-refractivity contribution < 1.29 is 14.3 Å². The Morgan fingerprint density at radius 1 is 1.16 bits per heavy atom. The number of hydrogen-bond acceptors (Lipinski definition) is 6. The largest absolute Gasteiger partial charge is 0.469 e. The van der Waals surface area contributed by atoms with Crippen LogP contribution in [0.1, 0.15) is 38.5 Å². The summed E-state index contributed by atoms with van der Waals surface area (Å²) in [5, 5.41) is 2.93. The number of carbonyl (C=O) groups excluding carboxylic acids is 2. The fourth-order valence-corrected chi connectivity index (χ4v) is 4.37. The Labute approximate surface area is 156 Å². The first-order valence-corrected chi connectivity index (χ1v) is 10.3. The van der Waals surface area contributed by atoms with Crippen LogP contribution in [0.4, 0.5) is 0 Å². The Kier molecular flexibility index (Phi) is 8.76. The molecule has 0 radical (unpaired) electrons. The number of unbranched alkanes of at least 4 members (excludes halogenated alkanes) is 2. The molecule has 1 heterocycles. The van der Waals surface area contributed by atoms with E-state index >= 15 is 0 Å². The van der Waals surface area contributed by atoms with E-state index in [0.717, 1.165) is 41.3 Å². The molecule has 0 saturated heterocycles. The molecule has 2 rings (SSSR count). The zero-order chi connectivity index (χ0) is 17.9. The monoisotopic (exact) mass is 380 g/mol. The van der Waals surface area contributed by atoms with E-state index in [2.05, 4.69) is 21.1 Å². The van der Waals surface area contributed by atoms with Gasteiger partial charge in [0.25, 0.3) is 0 Å². The highest BCUT2D eigenvalue weighted by Crippen LogP contribution is 2.29. The van der Waals surface area contributed by atoms with E-state index in [-0.39, 0.29) is 11.9 Å². The number of nitrogens with zero attached hydrogens (tertiary/aromatic N) is 1. The number of thiazole rings is 1. The van der Waals surface area contributed by atoms with Crippen LogP contribution in [0.5, 0.6) is 0 Å². The van der Waals surface area contributed by atoms with E-state index in [4.69, 9.17) is 0 Å². The molecule has 1 N–H and O–H groups in total. The van der Waals surface area contributed by atoms with E-state index in [1.165, 1.54) is 11.8 Å². The maximum absolute atomic E-state index is 11.8. The standard InChI is InChI=1S/C18H24N2O3S2/c1-23-17(22)11-3-2-6-12-19-16(21)10-7-13-24-18-20-14-8-4-5-9-15(14)25-18/h4-5,8-9H,2-3,6-7,10-13H2,1H3,(H,19,21). The van der Waals surface area contributed by atoms with Gasteiger partial charge in [-0.05, 0) is 31.4 Å². The lowest BCUT2D eigenvalue weighted by Crippen LogP contribution is -2.24. The van der Waals surface area contributed by atoms with Crippen molar-refractivity contribution >= 4 is 45.2 Å². The molecule has 1 aromatic carbocycles. The SMILES string of the molecule is COC(=O)CCCCCNC(=O)CCCSc1nc2ccccc2s1. The number of amides is 1. The number of carbonyl (C=O) groups is 2. The van der Waals surface area contributed by atoms with Gasteiger partial charge in [-0.1, -0.05) is 30.3 Å². The second-order valence-corrected chi connectivity index (χ2v) is 8.01. The van der Waals surface area contributed by atoms with Gasteiger partial charge in [-0.2, -0.15) is 0 Å². The molecular formula is C18H24N2O3S2. The summed E-state index contributed by atoms with van der Waals surface area (Å²) in [6.07, 6.45) is 4.45. The van der Waals surface area contributed by atoms with Crippen LogP contribution in [0.3, 0.4) is 0 Å². The van der Waals surface area contributed by atoms with Gasteiger partial charge >= 0.3 is 5.97 Å². The lowest BCUT2D eigenvalue weighted by atomic mass is 10.2. The van der Waals surface area contributed by atoms with Gasteiger partial charge in [0.05, 0.1) is 17.3 Å². The van der Waals surface area contributed by atoms with Crippen LogP contribution in [-0.2, 0) is 14.3 Å². The zero-order valence-corrected chi connectivity index (χ0v) is 16.1. The van der Waals surface area contributed by atoms with Crippen LogP contribution in [0, 0.1) is 0 Å². The summed E-state index contributed by atoms with van der Waals surface area (Å²) in [5.41, 5.74) is 1.04. The molecule has 0 aliphatic carbocycles. The molecule has 1 amide bonds. The molecule has 1 aromatic heterocycles. The molecule has 5 nitrogen and oxygen atoms in total. The first-order valence-electron chi connectivity index (χ1n) is 8.51.